The first-order chi connectivity index (χ1) is 9.54. The van der Waals surface area contributed by atoms with Crippen molar-refractivity contribution < 1.29 is 18.0 Å². The molecule has 0 aliphatic heterocycles. The van der Waals surface area contributed by atoms with Crippen molar-refractivity contribution in [2.45, 2.75) is 38.9 Å². The van der Waals surface area contributed by atoms with Gasteiger partial charge in [-0.25, -0.2) is 0 Å². The molecule has 1 aromatic carbocycles. The van der Waals surface area contributed by atoms with Gasteiger partial charge in [0.15, 0.2) is 0 Å². The molecule has 1 aromatic rings. The van der Waals surface area contributed by atoms with Crippen LogP contribution in [0.25, 0.3) is 0 Å². The van der Waals surface area contributed by atoms with Gasteiger partial charge in [-0.15, -0.1) is 0 Å². The Morgan fingerprint density at radius 3 is 2.29 bits per heavy atom. The van der Waals surface area contributed by atoms with E-state index in [1.54, 1.807) is 14.1 Å². The highest BCUT2D eigenvalue weighted by atomic mass is 19.4. The minimum Gasteiger partial charge on any atom is -0.387 e. The quantitative estimate of drug-likeness (QED) is 0.911. The predicted molar refractivity (Wildman–Crippen MR) is 77.5 cm³/mol. The maximum atomic E-state index is 12.8. The molecule has 0 radical (unpaired) electrons. The van der Waals surface area contributed by atoms with Gasteiger partial charge in [-0.2, -0.15) is 13.2 Å². The fourth-order valence-electron chi connectivity index (χ4n) is 1.81. The number of nitrogens with one attached hydrogen (secondary N) is 1. The Bertz CT molecular complexity index is 524. The Morgan fingerprint density at radius 2 is 1.86 bits per heavy atom. The van der Waals surface area contributed by atoms with Crippen molar-refractivity contribution in [1.29, 1.82) is 0 Å². The molecule has 1 amide bonds. The molecule has 0 spiro atoms. The smallest absolute Gasteiger partial charge is 0.387 e. The van der Waals surface area contributed by atoms with Crippen LogP contribution in [0.2, 0.25) is 0 Å². The van der Waals surface area contributed by atoms with Crippen LogP contribution < -0.4 is 5.32 Å². The summed E-state index contributed by atoms with van der Waals surface area (Å²) in [4.78, 5) is 14.0. The van der Waals surface area contributed by atoms with E-state index in [-0.39, 0.29) is 5.56 Å². The van der Waals surface area contributed by atoms with Crippen molar-refractivity contribution in [2.75, 3.05) is 19.4 Å². The fourth-order valence-corrected chi connectivity index (χ4v) is 1.81. The Labute approximate surface area is 123 Å². The van der Waals surface area contributed by atoms with Crippen LogP contribution in [0.4, 0.5) is 18.9 Å². The van der Waals surface area contributed by atoms with Crippen molar-refractivity contribution in [2.24, 2.45) is 0 Å². The molecule has 0 saturated carbocycles. The highest BCUT2D eigenvalue weighted by Crippen LogP contribution is 2.33. The largest absolute Gasteiger partial charge is 0.416 e. The first kappa shape index (κ1) is 17.3. The molecule has 0 aromatic heterocycles. The van der Waals surface area contributed by atoms with Crippen LogP contribution in [0, 0.1) is 0 Å². The van der Waals surface area contributed by atoms with Crippen LogP contribution in [0.3, 0.4) is 0 Å². The normalized spacial score (nSPS) is 12.2. The number of carbonyl (C=O) groups excluding carboxylic acids is 1. The van der Waals surface area contributed by atoms with E-state index in [2.05, 4.69) is 5.32 Å². The average Bonchev–Trinajstić information content (AvgIpc) is 2.43. The van der Waals surface area contributed by atoms with Gasteiger partial charge in [-0.3, -0.25) is 4.79 Å². The number of benzene rings is 1. The monoisotopic (exact) mass is 302 g/mol. The van der Waals surface area contributed by atoms with Crippen molar-refractivity contribution in [1.82, 2.24) is 4.90 Å². The molecule has 0 bridgehead atoms. The van der Waals surface area contributed by atoms with Gasteiger partial charge < -0.3 is 10.2 Å². The van der Waals surface area contributed by atoms with E-state index in [0.717, 1.165) is 12.1 Å². The van der Waals surface area contributed by atoms with Gasteiger partial charge in [0, 0.05) is 25.3 Å². The minimum absolute atomic E-state index is 0.0244. The molecule has 1 rings (SSSR count). The number of hydrogen-bond donors (Lipinski definition) is 1. The number of rotatable bonds is 4. The summed E-state index contributed by atoms with van der Waals surface area (Å²) in [6, 6.07) is 3.15. The number of hydrogen-bond acceptors (Lipinski definition) is 2. The predicted octanol–water partition coefficient (Wildman–Crippen LogP) is 4.01. The van der Waals surface area contributed by atoms with Crippen molar-refractivity contribution in [3.05, 3.63) is 29.3 Å². The minimum atomic E-state index is -4.47. The lowest BCUT2D eigenvalue weighted by Crippen LogP contribution is -2.44. The third-order valence-electron chi connectivity index (χ3n) is 3.92. The highest BCUT2D eigenvalue weighted by Gasteiger charge is 2.33. The maximum absolute atomic E-state index is 12.8. The van der Waals surface area contributed by atoms with E-state index in [9.17, 15) is 18.0 Å². The van der Waals surface area contributed by atoms with E-state index in [0.29, 0.717) is 12.1 Å². The second kappa shape index (κ2) is 5.95. The van der Waals surface area contributed by atoms with Crippen LogP contribution in [-0.4, -0.2) is 30.4 Å². The van der Waals surface area contributed by atoms with Crippen LogP contribution in [0.5, 0.6) is 0 Å². The second-order valence-corrected chi connectivity index (χ2v) is 5.54. The molecule has 0 fully saturated rings. The zero-order valence-corrected chi connectivity index (χ0v) is 12.9. The number of amides is 1. The SMILES string of the molecule is CCC(C)(C)N(C)C(=O)c1cc(C(F)(F)F)ccc1NC. The van der Waals surface area contributed by atoms with E-state index in [1.165, 1.54) is 11.0 Å². The maximum Gasteiger partial charge on any atom is 0.416 e. The van der Waals surface area contributed by atoms with Crippen LogP contribution in [0.15, 0.2) is 18.2 Å². The molecule has 0 heterocycles. The summed E-state index contributed by atoms with van der Waals surface area (Å²) >= 11 is 0. The zero-order chi connectivity index (χ0) is 16.4. The van der Waals surface area contributed by atoms with E-state index >= 15 is 0 Å². The van der Waals surface area contributed by atoms with Crippen molar-refractivity contribution in [3.63, 3.8) is 0 Å². The average molecular weight is 302 g/mol. The van der Waals surface area contributed by atoms with Crippen molar-refractivity contribution >= 4 is 11.6 Å². The third kappa shape index (κ3) is 3.68. The van der Waals surface area contributed by atoms with Gasteiger partial charge >= 0.3 is 6.18 Å². The number of nitrogens with zero attached hydrogens (tertiary/aromatic N) is 1. The molecule has 118 valence electrons. The summed E-state index contributed by atoms with van der Waals surface area (Å²) in [5.41, 5.74) is -0.855. The number of halogens is 3. The molecule has 0 unspecified atom stereocenters. The van der Waals surface area contributed by atoms with Crippen LogP contribution >= 0.6 is 0 Å². The Kier molecular flexibility index (Phi) is 4.91. The number of alkyl halides is 3. The lowest BCUT2D eigenvalue weighted by atomic mass is 9.98. The molecular formula is C15H21F3N2O. The summed E-state index contributed by atoms with van der Waals surface area (Å²) in [7, 11) is 3.18. The summed E-state index contributed by atoms with van der Waals surface area (Å²) in [6.45, 7) is 5.67. The second-order valence-electron chi connectivity index (χ2n) is 5.54. The summed E-state index contributed by atoms with van der Waals surface area (Å²) in [5, 5.41) is 2.76. The molecule has 3 nitrogen and oxygen atoms in total. The summed E-state index contributed by atoms with van der Waals surface area (Å²) < 4.78 is 38.5. The lowest BCUT2D eigenvalue weighted by molar-refractivity contribution is -0.137. The van der Waals surface area contributed by atoms with Crippen LogP contribution in [-0.2, 0) is 6.18 Å². The highest BCUT2D eigenvalue weighted by molar-refractivity contribution is 6.00. The Balaban J connectivity index is 3.30. The van der Waals surface area contributed by atoms with Gasteiger partial charge in [0.2, 0.25) is 0 Å². The van der Waals surface area contributed by atoms with Gasteiger partial charge in [0.25, 0.3) is 5.91 Å². The number of carbonyl (C=O) groups is 1. The Morgan fingerprint density at radius 1 is 1.29 bits per heavy atom. The molecule has 0 saturated heterocycles. The van der Waals surface area contributed by atoms with Gasteiger partial charge in [0.1, 0.15) is 0 Å². The van der Waals surface area contributed by atoms with Gasteiger partial charge in [-0.1, -0.05) is 6.92 Å². The first-order valence-electron chi connectivity index (χ1n) is 6.71. The summed E-state index contributed by atoms with van der Waals surface area (Å²) in [6.07, 6.45) is -3.77. The summed E-state index contributed by atoms with van der Waals surface area (Å²) in [5.74, 6) is -0.433. The first-order valence-corrected chi connectivity index (χ1v) is 6.71. The zero-order valence-electron chi connectivity index (χ0n) is 12.9. The molecule has 21 heavy (non-hydrogen) atoms. The van der Waals surface area contributed by atoms with Crippen molar-refractivity contribution in [3.8, 4) is 0 Å². The molecule has 0 aliphatic carbocycles. The molecule has 0 aliphatic rings. The van der Waals surface area contributed by atoms with Gasteiger partial charge in [0.05, 0.1) is 11.1 Å². The van der Waals surface area contributed by atoms with E-state index in [4.69, 9.17) is 0 Å². The number of anilines is 1. The topological polar surface area (TPSA) is 32.3 Å². The molecular weight excluding hydrogens is 281 g/mol. The lowest BCUT2D eigenvalue weighted by Gasteiger charge is -2.35. The molecule has 0 atom stereocenters. The van der Waals surface area contributed by atoms with Gasteiger partial charge in [-0.05, 0) is 38.5 Å². The molecule has 6 heteroatoms. The third-order valence-corrected chi connectivity index (χ3v) is 3.92. The Hall–Kier alpha value is -1.72. The molecule has 1 N–H and O–H groups in total. The van der Waals surface area contributed by atoms with E-state index < -0.39 is 23.2 Å². The standard InChI is InChI=1S/C15H21F3N2O/c1-6-14(2,3)20(5)13(21)11-9-10(15(16,17)18)7-8-12(11)19-4/h7-9,19H,6H2,1-5H3. The van der Waals surface area contributed by atoms with E-state index in [1.807, 2.05) is 20.8 Å². The fraction of sp³-hybridized carbons (Fsp3) is 0.533. The van der Waals surface area contributed by atoms with Crippen LogP contribution in [0.1, 0.15) is 43.1 Å².